The standard InChI is InChI=1S/C17H14FN3O3S/c1-23-11-4-3-9(7-10(11)18)21-8-20-14-13-12(24-2)5-6-19-16(13)25-15(14)17(21)22/h3-8,14-15H,1-2H3/p+1. The predicted molar refractivity (Wildman–Crippen MR) is 90.9 cm³/mol. The highest BCUT2D eigenvalue weighted by molar-refractivity contribution is 8.00. The van der Waals surface area contributed by atoms with Crippen molar-refractivity contribution < 1.29 is 23.6 Å². The van der Waals surface area contributed by atoms with Crippen molar-refractivity contribution >= 4 is 29.7 Å². The zero-order valence-corrected chi connectivity index (χ0v) is 14.3. The number of hydrogen-bond donors (Lipinski definition) is 0. The van der Waals surface area contributed by atoms with Crippen molar-refractivity contribution in [2.75, 3.05) is 19.1 Å². The molecule has 1 aromatic heterocycles. The number of methoxy groups -OCH3 is 2. The molecule has 2 aliphatic heterocycles. The van der Waals surface area contributed by atoms with E-state index in [9.17, 15) is 9.18 Å². The number of carbonyl (C=O) groups is 1. The van der Waals surface area contributed by atoms with E-state index in [4.69, 9.17) is 9.47 Å². The van der Waals surface area contributed by atoms with Crippen LogP contribution in [-0.2, 0) is 4.79 Å². The van der Waals surface area contributed by atoms with Gasteiger partial charge in [-0.05, 0) is 23.9 Å². The number of fused-ring (bicyclic) bond motifs is 3. The Labute approximate surface area is 147 Å². The van der Waals surface area contributed by atoms with Gasteiger partial charge in [0.15, 0.2) is 17.8 Å². The first-order valence-corrected chi connectivity index (χ1v) is 8.47. The molecule has 0 fully saturated rings. The number of aromatic amines is 1. The molecule has 2 unspecified atom stereocenters. The third kappa shape index (κ3) is 2.44. The summed E-state index contributed by atoms with van der Waals surface area (Å²) in [6, 6.07) is 5.88. The number of nitrogens with zero attached hydrogens (tertiary/aromatic N) is 2. The second-order valence-electron chi connectivity index (χ2n) is 5.56. The molecule has 1 amide bonds. The maximum absolute atomic E-state index is 14.0. The molecule has 1 N–H and O–H groups in total. The van der Waals surface area contributed by atoms with Gasteiger partial charge >= 0.3 is 0 Å². The lowest BCUT2D eigenvalue weighted by atomic mass is 10.0. The smallest absolute Gasteiger partial charge is 0.248 e. The SMILES string of the molecule is COc1ccc(N2C=NC3c4c(OC)cc[nH+]c4SC3C2=O)cc1F. The molecular formula is C17H15FN3O3S+. The van der Waals surface area contributed by atoms with E-state index in [1.54, 1.807) is 19.4 Å². The van der Waals surface area contributed by atoms with Crippen molar-refractivity contribution in [3.05, 3.63) is 41.8 Å². The number of rotatable bonds is 3. The molecule has 2 atom stereocenters. The summed E-state index contributed by atoms with van der Waals surface area (Å²) in [4.78, 5) is 22.0. The van der Waals surface area contributed by atoms with Gasteiger partial charge in [-0.3, -0.25) is 14.7 Å². The summed E-state index contributed by atoms with van der Waals surface area (Å²) in [6.45, 7) is 0. The molecule has 2 aromatic rings. The number of aliphatic imine (C=N–C) groups is 1. The van der Waals surface area contributed by atoms with Gasteiger partial charge in [0.25, 0.3) is 0 Å². The third-order valence-electron chi connectivity index (χ3n) is 4.24. The van der Waals surface area contributed by atoms with E-state index in [-0.39, 0.29) is 17.7 Å². The zero-order valence-electron chi connectivity index (χ0n) is 13.5. The molecular weight excluding hydrogens is 345 g/mol. The fraction of sp³-hybridized carbons (Fsp3) is 0.235. The second-order valence-corrected chi connectivity index (χ2v) is 6.72. The molecule has 128 valence electrons. The number of pyridine rings is 1. The first-order chi connectivity index (χ1) is 12.1. The topological polar surface area (TPSA) is 65.3 Å². The van der Waals surface area contributed by atoms with E-state index >= 15 is 0 Å². The minimum Gasteiger partial charge on any atom is -0.496 e. The predicted octanol–water partition coefficient (Wildman–Crippen LogP) is 2.25. The molecule has 8 heteroatoms. The van der Waals surface area contributed by atoms with E-state index in [0.29, 0.717) is 11.4 Å². The van der Waals surface area contributed by atoms with Crippen molar-refractivity contribution in [3.8, 4) is 11.5 Å². The van der Waals surface area contributed by atoms with Gasteiger partial charge in [0.05, 0.1) is 31.8 Å². The highest BCUT2D eigenvalue weighted by Gasteiger charge is 2.47. The van der Waals surface area contributed by atoms with Gasteiger partial charge in [-0.1, -0.05) is 0 Å². The van der Waals surface area contributed by atoms with Gasteiger partial charge in [-0.25, -0.2) is 9.37 Å². The van der Waals surface area contributed by atoms with Gasteiger partial charge < -0.3 is 9.47 Å². The Balaban J connectivity index is 1.70. The molecule has 0 radical (unpaired) electrons. The molecule has 1 aromatic carbocycles. The number of ether oxygens (including phenoxy) is 2. The van der Waals surface area contributed by atoms with E-state index in [1.807, 2.05) is 6.07 Å². The Morgan fingerprint density at radius 2 is 2.04 bits per heavy atom. The summed E-state index contributed by atoms with van der Waals surface area (Å²) in [7, 11) is 2.99. The Morgan fingerprint density at radius 1 is 1.24 bits per heavy atom. The van der Waals surface area contributed by atoms with E-state index in [2.05, 4.69) is 9.98 Å². The number of aromatic nitrogens is 1. The van der Waals surface area contributed by atoms with E-state index < -0.39 is 11.1 Å². The van der Waals surface area contributed by atoms with Crippen molar-refractivity contribution in [1.29, 1.82) is 0 Å². The van der Waals surface area contributed by atoms with Crippen LogP contribution in [0.3, 0.4) is 0 Å². The summed E-state index contributed by atoms with van der Waals surface area (Å²) in [5.41, 5.74) is 1.29. The minimum atomic E-state index is -0.527. The van der Waals surface area contributed by atoms with Crippen molar-refractivity contribution in [1.82, 2.24) is 0 Å². The number of halogens is 1. The zero-order chi connectivity index (χ0) is 17.6. The Kier molecular flexibility index (Phi) is 3.84. The average Bonchev–Trinajstić information content (AvgIpc) is 3.02. The quantitative estimate of drug-likeness (QED) is 0.842. The number of hydrogen-bond acceptors (Lipinski definition) is 5. The van der Waals surface area contributed by atoms with Crippen molar-refractivity contribution in [3.63, 3.8) is 0 Å². The number of nitrogens with one attached hydrogen (secondary N) is 1. The number of thioether (sulfide) groups is 1. The number of carbonyl (C=O) groups excluding carboxylic acids is 1. The monoisotopic (exact) mass is 360 g/mol. The van der Waals surface area contributed by atoms with Crippen LogP contribution in [0.1, 0.15) is 11.6 Å². The summed E-state index contributed by atoms with van der Waals surface area (Å²) >= 11 is 1.41. The van der Waals surface area contributed by atoms with Gasteiger partial charge in [-0.2, -0.15) is 0 Å². The van der Waals surface area contributed by atoms with E-state index in [0.717, 1.165) is 10.6 Å². The lowest BCUT2D eigenvalue weighted by Crippen LogP contribution is -2.42. The number of benzene rings is 1. The van der Waals surface area contributed by atoms with Crippen molar-refractivity contribution in [2.24, 2.45) is 4.99 Å². The molecule has 4 rings (SSSR count). The summed E-state index contributed by atoms with van der Waals surface area (Å²) in [5, 5.41) is 0.445. The van der Waals surface area contributed by atoms with Crippen LogP contribution in [0.25, 0.3) is 0 Å². The van der Waals surface area contributed by atoms with Crippen LogP contribution in [0.15, 0.2) is 40.5 Å². The highest BCUT2D eigenvalue weighted by atomic mass is 32.2. The lowest BCUT2D eigenvalue weighted by Gasteiger charge is -2.27. The van der Waals surface area contributed by atoms with Crippen LogP contribution < -0.4 is 19.4 Å². The molecule has 0 aliphatic carbocycles. The van der Waals surface area contributed by atoms with Crippen LogP contribution in [0.4, 0.5) is 10.1 Å². The van der Waals surface area contributed by atoms with Crippen LogP contribution in [0.5, 0.6) is 11.5 Å². The molecule has 6 nitrogen and oxygen atoms in total. The number of H-pyrrole nitrogens is 1. The first kappa shape index (κ1) is 15.9. The summed E-state index contributed by atoms with van der Waals surface area (Å²) in [5.74, 6) is 0.148. The molecule has 0 spiro atoms. The summed E-state index contributed by atoms with van der Waals surface area (Å²) in [6.07, 6.45) is 3.22. The van der Waals surface area contributed by atoms with Crippen LogP contribution >= 0.6 is 11.8 Å². The number of anilines is 1. The second kappa shape index (κ2) is 6.03. The maximum atomic E-state index is 14.0. The largest absolute Gasteiger partial charge is 0.496 e. The van der Waals surface area contributed by atoms with E-state index in [1.165, 1.54) is 42.2 Å². The molecule has 3 heterocycles. The fourth-order valence-corrected chi connectivity index (χ4v) is 4.33. The van der Waals surface area contributed by atoms with Gasteiger partial charge in [0.2, 0.25) is 10.9 Å². The van der Waals surface area contributed by atoms with Gasteiger partial charge in [-0.15, -0.1) is 0 Å². The Hall–Kier alpha value is -2.61. The normalized spacial score (nSPS) is 21.1. The van der Waals surface area contributed by atoms with Crippen molar-refractivity contribution in [2.45, 2.75) is 16.3 Å². The van der Waals surface area contributed by atoms with Crippen LogP contribution in [0, 0.1) is 5.82 Å². The highest BCUT2D eigenvalue weighted by Crippen LogP contribution is 2.49. The average molecular weight is 360 g/mol. The molecule has 0 bridgehead atoms. The molecule has 25 heavy (non-hydrogen) atoms. The van der Waals surface area contributed by atoms with Gasteiger partial charge in [0, 0.05) is 12.1 Å². The third-order valence-corrected chi connectivity index (χ3v) is 5.53. The van der Waals surface area contributed by atoms with Gasteiger partial charge in [0.1, 0.15) is 17.0 Å². The molecule has 2 aliphatic rings. The lowest BCUT2D eigenvalue weighted by molar-refractivity contribution is -0.427. The fourth-order valence-electron chi connectivity index (χ4n) is 3.04. The minimum absolute atomic E-state index is 0.130. The molecule has 0 saturated carbocycles. The number of amides is 1. The van der Waals surface area contributed by atoms with Crippen LogP contribution in [-0.4, -0.2) is 31.7 Å². The summed E-state index contributed by atoms with van der Waals surface area (Å²) < 4.78 is 24.3. The Bertz CT molecular complexity index is 889. The first-order valence-electron chi connectivity index (χ1n) is 7.59. The molecule has 0 saturated heterocycles. The van der Waals surface area contributed by atoms with Crippen LogP contribution in [0.2, 0.25) is 0 Å². The maximum Gasteiger partial charge on any atom is 0.248 e. The Morgan fingerprint density at radius 3 is 2.76 bits per heavy atom.